The lowest BCUT2D eigenvalue weighted by Crippen LogP contribution is -2.49. The van der Waals surface area contributed by atoms with Crippen molar-refractivity contribution in [3.8, 4) is 0 Å². The molecule has 0 unspecified atom stereocenters. The van der Waals surface area contributed by atoms with E-state index in [-0.39, 0.29) is 17.9 Å². The first-order valence-corrected chi connectivity index (χ1v) is 5.03. The minimum atomic E-state index is -0.429. The molecule has 4 heteroatoms. The van der Waals surface area contributed by atoms with Crippen molar-refractivity contribution < 1.29 is 9.59 Å². The second kappa shape index (κ2) is 6.40. The van der Waals surface area contributed by atoms with Gasteiger partial charge in [-0.05, 0) is 19.3 Å². The van der Waals surface area contributed by atoms with E-state index in [2.05, 4.69) is 10.6 Å². The first kappa shape index (κ1) is 12.9. The van der Waals surface area contributed by atoms with Gasteiger partial charge in [-0.15, -0.1) is 0 Å². The number of rotatable bonds is 6. The number of hydrogen-bond donors (Lipinski definition) is 2. The molecule has 82 valence electrons. The highest BCUT2D eigenvalue weighted by Gasteiger charge is 2.21. The van der Waals surface area contributed by atoms with E-state index in [1.165, 1.54) is 0 Å². The summed E-state index contributed by atoms with van der Waals surface area (Å²) >= 11 is 0. The molecule has 0 spiro atoms. The van der Waals surface area contributed by atoms with Crippen LogP contribution in [0.5, 0.6) is 0 Å². The SMILES string of the molecule is CC[C@H](C)NC(=O)[C@@H](NC=O)C(C)C. The summed E-state index contributed by atoms with van der Waals surface area (Å²) in [7, 11) is 0. The second-order valence-electron chi connectivity index (χ2n) is 3.82. The molecule has 0 rings (SSSR count). The lowest BCUT2D eigenvalue weighted by atomic mass is 10.0. The molecular weight excluding hydrogens is 180 g/mol. The molecule has 4 nitrogen and oxygen atoms in total. The highest BCUT2D eigenvalue weighted by molar-refractivity contribution is 5.84. The van der Waals surface area contributed by atoms with Crippen molar-refractivity contribution in [2.75, 3.05) is 0 Å². The van der Waals surface area contributed by atoms with Gasteiger partial charge < -0.3 is 10.6 Å². The van der Waals surface area contributed by atoms with E-state index in [1.807, 2.05) is 27.7 Å². The Labute approximate surface area is 85.4 Å². The Balaban J connectivity index is 4.21. The van der Waals surface area contributed by atoms with Gasteiger partial charge in [0.05, 0.1) is 0 Å². The molecule has 0 fully saturated rings. The third kappa shape index (κ3) is 4.25. The van der Waals surface area contributed by atoms with Gasteiger partial charge in [-0.3, -0.25) is 9.59 Å². The van der Waals surface area contributed by atoms with Gasteiger partial charge in [0.2, 0.25) is 12.3 Å². The third-order valence-electron chi connectivity index (χ3n) is 2.20. The summed E-state index contributed by atoms with van der Waals surface area (Å²) in [6.07, 6.45) is 1.46. The summed E-state index contributed by atoms with van der Waals surface area (Å²) in [5.74, 6) is -0.00861. The van der Waals surface area contributed by atoms with Gasteiger partial charge in [0, 0.05) is 6.04 Å². The molecule has 0 aliphatic carbocycles. The van der Waals surface area contributed by atoms with Crippen LogP contribution in [0.4, 0.5) is 0 Å². The van der Waals surface area contributed by atoms with Crippen LogP contribution in [-0.2, 0) is 9.59 Å². The molecule has 0 aliphatic rings. The molecule has 2 atom stereocenters. The monoisotopic (exact) mass is 200 g/mol. The Hall–Kier alpha value is -1.06. The fourth-order valence-electron chi connectivity index (χ4n) is 1.08. The summed E-state index contributed by atoms with van der Waals surface area (Å²) in [4.78, 5) is 21.9. The maximum Gasteiger partial charge on any atom is 0.243 e. The van der Waals surface area contributed by atoms with Crippen molar-refractivity contribution in [1.29, 1.82) is 0 Å². The van der Waals surface area contributed by atoms with E-state index < -0.39 is 6.04 Å². The Bertz CT molecular complexity index is 193. The largest absolute Gasteiger partial charge is 0.352 e. The zero-order valence-electron chi connectivity index (χ0n) is 9.33. The zero-order valence-corrected chi connectivity index (χ0v) is 9.33. The summed E-state index contributed by atoms with van der Waals surface area (Å²) < 4.78 is 0. The Kier molecular flexibility index (Phi) is 5.92. The van der Waals surface area contributed by atoms with Gasteiger partial charge in [0.15, 0.2) is 0 Å². The van der Waals surface area contributed by atoms with Gasteiger partial charge in [0.25, 0.3) is 0 Å². The highest BCUT2D eigenvalue weighted by atomic mass is 16.2. The number of carbonyl (C=O) groups excluding carboxylic acids is 2. The molecule has 2 amide bonds. The summed E-state index contributed by atoms with van der Waals surface area (Å²) in [6.45, 7) is 7.74. The fraction of sp³-hybridized carbons (Fsp3) is 0.800. The molecule has 0 aromatic carbocycles. The van der Waals surface area contributed by atoms with Crippen molar-refractivity contribution in [1.82, 2.24) is 10.6 Å². The van der Waals surface area contributed by atoms with Crippen LogP contribution in [0.2, 0.25) is 0 Å². The van der Waals surface area contributed by atoms with E-state index in [4.69, 9.17) is 0 Å². The molecular formula is C10H20N2O2. The lowest BCUT2D eigenvalue weighted by molar-refractivity contribution is -0.127. The third-order valence-corrected chi connectivity index (χ3v) is 2.20. The molecule has 0 aliphatic heterocycles. The predicted molar refractivity (Wildman–Crippen MR) is 55.7 cm³/mol. The number of hydrogen-bond acceptors (Lipinski definition) is 2. The molecule has 0 aromatic rings. The smallest absolute Gasteiger partial charge is 0.243 e. The van der Waals surface area contributed by atoms with Gasteiger partial charge in [-0.2, -0.15) is 0 Å². The second-order valence-corrected chi connectivity index (χ2v) is 3.82. The normalized spacial score (nSPS) is 14.6. The van der Waals surface area contributed by atoms with Gasteiger partial charge in [-0.1, -0.05) is 20.8 Å². The number of carbonyl (C=O) groups is 2. The molecule has 0 heterocycles. The van der Waals surface area contributed by atoms with Crippen LogP contribution < -0.4 is 10.6 Å². The molecule has 0 saturated carbocycles. The topological polar surface area (TPSA) is 58.2 Å². The number of amides is 2. The van der Waals surface area contributed by atoms with E-state index in [0.29, 0.717) is 6.41 Å². The van der Waals surface area contributed by atoms with Crippen molar-refractivity contribution in [2.24, 2.45) is 5.92 Å². The van der Waals surface area contributed by atoms with Crippen molar-refractivity contribution in [3.63, 3.8) is 0 Å². The molecule has 0 saturated heterocycles. The van der Waals surface area contributed by atoms with E-state index in [9.17, 15) is 9.59 Å². The van der Waals surface area contributed by atoms with Gasteiger partial charge >= 0.3 is 0 Å². The fourth-order valence-corrected chi connectivity index (χ4v) is 1.08. The summed E-state index contributed by atoms with van der Waals surface area (Å²) in [5, 5.41) is 5.35. The summed E-state index contributed by atoms with van der Waals surface area (Å²) in [6, 6.07) is -0.279. The van der Waals surface area contributed by atoms with E-state index in [1.54, 1.807) is 0 Å². The van der Waals surface area contributed by atoms with Gasteiger partial charge in [0.1, 0.15) is 6.04 Å². The molecule has 0 radical (unpaired) electrons. The van der Waals surface area contributed by atoms with Crippen LogP contribution in [0.15, 0.2) is 0 Å². The lowest BCUT2D eigenvalue weighted by Gasteiger charge is -2.21. The zero-order chi connectivity index (χ0) is 11.1. The average Bonchev–Trinajstić information content (AvgIpc) is 2.13. The van der Waals surface area contributed by atoms with E-state index in [0.717, 1.165) is 6.42 Å². The molecule has 0 bridgehead atoms. The van der Waals surface area contributed by atoms with Crippen LogP contribution >= 0.6 is 0 Å². The van der Waals surface area contributed by atoms with Gasteiger partial charge in [-0.25, -0.2) is 0 Å². The van der Waals surface area contributed by atoms with Crippen LogP contribution in [-0.4, -0.2) is 24.4 Å². The van der Waals surface area contributed by atoms with Crippen LogP contribution in [0.1, 0.15) is 34.1 Å². The standard InChI is InChI=1S/C10H20N2O2/c1-5-8(4)12-10(14)9(7(2)3)11-6-13/h6-9H,5H2,1-4H3,(H,11,13)(H,12,14)/t8-,9-/m0/s1. The maximum absolute atomic E-state index is 11.6. The first-order valence-electron chi connectivity index (χ1n) is 5.03. The summed E-state index contributed by atoms with van der Waals surface area (Å²) in [5.41, 5.74) is 0. The molecule has 14 heavy (non-hydrogen) atoms. The van der Waals surface area contributed by atoms with Crippen molar-refractivity contribution in [3.05, 3.63) is 0 Å². The van der Waals surface area contributed by atoms with E-state index >= 15 is 0 Å². The predicted octanol–water partition coefficient (Wildman–Crippen LogP) is 0.672. The molecule has 0 aromatic heterocycles. The quantitative estimate of drug-likeness (QED) is 0.619. The minimum Gasteiger partial charge on any atom is -0.352 e. The minimum absolute atomic E-state index is 0.101. The highest BCUT2D eigenvalue weighted by Crippen LogP contribution is 2.01. The van der Waals surface area contributed by atoms with Crippen LogP contribution in [0.25, 0.3) is 0 Å². The number of nitrogens with one attached hydrogen (secondary N) is 2. The average molecular weight is 200 g/mol. The van der Waals surface area contributed by atoms with Crippen LogP contribution in [0, 0.1) is 5.92 Å². The van der Waals surface area contributed by atoms with Crippen LogP contribution in [0.3, 0.4) is 0 Å². The Morgan fingerprint density at radius 3 is 2.29 bits per heavy atom. The maximum atomic E-state index is 11.6. The molecule has 2 N–H and O–H groups in total. The van der Waals surface area contributed by atoms with Crippen molar-refractivity contribution >= 4 is 12.3 Å². The Morgan fingerprint density at radius 2 is 1.93 bits per heavy atom. The Morgan fingerprint density at radius 1 is 1.36 bits per heavy atom. The first-order chi connectivity index (χ1) is 6.52. The van der Waals surface area contributed by atoms with Crippen molar-refractivity contribution in [2.45, 2.75) is 46.2 Å².